The van der Waals surface area contributed by atoms with Crippen molar-refractivity contribution in [3.8, 4) is 22.6 Å². The van der Waals surface area contributed by atoms with Gasteiger partial charge in [0.2, 0.25) is 0 Å². The third-order valence-electron chi connectivity index (χ3n) is 3.57. The lowest BCUT2D eigenvalue weighted by Gasteiger charge is -2.07. The number of hydrogen-bond donors (Lipinski definition) is 0. The van der Waals surface area contributed by atoms with E-state index in [0.717, 1.165) is 22.6 Å². The van der Waals surface area contributed by atoms with Crippen LogP contribution in [0.5, 0.6) is 0 Å². The molecule has 0 amide bonds. The molecule has 0 radical (unpaired) electrons. The first kappa shape index (κ1) is 13.9. The molecular weight excluding hydrogens is 282 g/mol. The van der Waals surface area contributed by atoms with Crippen LogP contribution in [0.25, 0.3) is 22.6 Å². The van der Waals surface area contributed by atoms with Crippen molar-refractivity contribution in [3.05, 3.63) is 64.2 Å². The average Bonchev–Trinajstić information content (AvgIpc) is 2.87. The van der Waals surface area contributed by atoms with E-state index in [1.165, 1.54) is 16.7 Å². The standard InChI is InChI=1S/C18H16ClNO/c1-11-8-12(2)18(13(3)9-11)17-10-16(20-21-17)14-4-6-15(19)7-5-14/h4-10H,1-3H3. The van der Waals surface area contributed by atoms with E-state index in [0.29, 0.717) is 5.02 Å². The Morgan fingerprint density at radius 2 is 1.52 bits per heavy atom. The Morgan fingerprint density at radius 3 is 2.14 bits per heavy atom. The Balaban J connectivity index is 2.05. The molecule has 106 valence electrons. The van der Waals surface area contributed by atoms with Crippen LogP contribution >= 0.6 is 11.6 Å². The number of benzene rings is 2. The van der Waals surface area contributed by atoms with Crippen LogP contribution in [-0.4, -0.2) is 5.16 Å². The molecule has 3 aromatic rings. The Bertz CT molecular complexity index is 764. The number of halogens is 1. The van der Waals surface area contributed by atoms with Crippen LogP contribution in [0, 0.1) is 20.8 Å². The highest BCUT2D eigenvalue weighted by Crippen LogP contribution is 2.31. The molecule has 1 aromatic heterocycles. The van der Waals surface area contributed by atoms with Gasteiger partial charge in [0.15, 0.2) is 5.76 Å². The lowest BCUT2D eigenvalue weighted by Crippen LogP contribution is -1.88. The molecule has 0 aliphatic rings. The summed E-state index contributed by atoms with van der Waals surface area (Å²) in [7, 11) is 0. The number of aryl methyl sites for hydroxylation is 3. The first-order valence-electron chi connectivity index (χ1n) is 6.85. The second-order valence-electron chi connectivity index (χ2n) is 5.36. The summed E-state index contributed by atoms with van der Waals surface area (Å²) in [4.78, 5) is 0. The van der Waals surface area contributed by atoms with Gasteiger partial charge in [-0.05, 0) is 44.0 Å². The minimum absolute atomic E-state index is 0.715. The van der Waals surface area contributed by atoms with E-state index in [9.17, 15) is 0 Å². The highest BCUT2D eigenvalue weighted by Gasteiger charge is 2.13. The molecule has 3 rings (SSSR count). The van der Waals surface area contributed by atoms with Gasteiger partial charge in [-0.15, -0.1) is 0 Å². The van der Waals surface area contributed by atoms with Crippen molar-refractivity contribution in [2.24, 2.45) is 0 Å². The molecule has 21 heavy (non-hydrogen) atoms. The molecule has 0 fully saturated rings. The van der Waals surface area contributed by atoms with Crippen LogP contribution < -0.4 is 0 Å². The van der Waals surface area contributed by atoms with Gasteiger partial charge in [-0.3, -0.25) is 0 Å². The zero-order valence-electron chi connectivity index (χ0n) is 12.3. The lowest BCUT2D eigenvalue weighted by atomic mass is 9.97. The Kier molecular flexibility index (Phi) is 3.56. The summed E-state index contributed by atoms with van der Waals surface area (Å²) in [5.41, 5.74) is 6.59. The number of nitrogens with zero attached hydrogens (tertiary/aromatic N) is 1. The van der Waals surface area contributed by atoms with Gasteiger partial charge < -0.3 is 4.52 Å². The summed E-state index contributed by atoms with van der Waals surface area (Å²) in [6, 6.07) is 13.9. The molecule has 0 atom stereocenters. The van der Waals surface area contributed by atoms with Crippen molar-refractivity contribution in [2.45, 2.75) is 20.8 Å². The van der Waals surface area contributed by atoms with E-state index >= 15 is 0 Å². The third kappa shape index (κ3) is 2.72. The molecule has 2 aromatic carbocycles. The molecule has 2 nitrogen and oxygen atoms in total. The molecule has 0 unspecified atom stereocenters. The summed E-state index contributed by atoms with van der Waals surface area (Å²) in [6.07, 6.45) is 0. The van der Waals surface area contributed by atoms with Crippen LogP contribution in [0.3, 0.4) is 0 Å². The van der Waals surface area contributed by atoms with Gasteiger partial charge in [-0.25, -0.2) is 0 Å². The monoisotopic (exact) mass is 297 g/mol. The molecule has 3 heteroatoms. The fourth-order valence-electron chi connectivity index (χ4n) is 2.72. The molecule has 0 aliphatic carbocycles. The van der Waals surface area contributed by atoms with Gasteiger partial charge in [0, 0.05) is 22.2 Å². The normalized spacial score (nSPS) is 10.9. The highest BCUT2D eigenvalue weighted by molar-refractivity contribution is 6.30. The van der Waals surface area contributed by atoms with Gasteiger partial charge in [-0.1, -0.05) is 46.6 Å². The maximum absolute atomic E-state index is 5.91. The fraction of sp³-hybridized carbons (Fsp3) is 0.167. The second-order valence-corrected chi connectivity index (χ2v) is 5.79. The topological polar surface area (TPSA) is 26.0 Å². The summed E-state index contributed by atoms with van der Waals surface area (Å²) in [5.74, 6) is 0.801. The van der Waals surface area contributed by atoms with Crippen LogP contribution in [0.4, 0.5) is 0 Å². The first-order valence-corrected chi connectivity index (χ1v) is 7.23. The first-order chi connectivity index (χ1) is 10.0. The molecule has 0 saturated carbocycles. The predicted octanol–water partition coefficient (Wildman–Crippen LogP) is 5.59. The highest BCUT2D eigenvalue weighted by atomic mass is 35.5. The van der Waals surface area contributed by atoms with Crippen molar-refractivity contribution in [2.75, 3.05) is 0 Å². The third-order valence-corrected chi connectivity index (χ3v) is 3.83. The van der Waals surface area contributed by atoms with E-state index in [1.54, 1.807) is 0 Å². The van der Waals surface area contributed by atoms with E-state index in [2.05, 4.69) is 38.1 Å². The largest absolute Gasteiger partial charge is 0.356 e. The van der Waals surface area contributed by atoms with Gasteiger partial charge >= 0.3 is 0 Å². The van der Waals surface area contributed by atoms with Crippen molar-refractivity contribution < 1.29 is 4.52 Å². The second kappa shape index (κ2) is 5.38. The smallest absolute Gasteiger partial charge is 0.168 e. The van der Waals surface area contributed by atoms with Crippen LogP contribution in [-0.2, 0) is 0 Å². The Labute approximate surface area is 129 Å². The van der Waals surface area contributed by atoms with Gasteiger partial charge in [0.1, 0.15) is 5.69 Å². The quantitative estimate of drug-likeness (QED) is 0.616. The SMILES string of the molecule is Cc1cc(C)c(-c2cc(-c3ccc(Cl)cc3)no2)c(C)c1. The summed E-state index contributed by atoms with van der Waals surface area (Å²) in [6.45, 7) is 6.29. The van der Waals surface area contributed by atoms with Gasteiger partial charge in [0.25, 0.3) is 0 Å². The molecular formula is C18H16ClNO. The zero-order valence-corrected chi connectivity index (χ0v) is 13.0. The summed E-state index contributed by atoms with van der Waals surface area (Å²) < 4.78 is 5.55. The van der Waals surface area contributed by atoms with E-state index in [4.69, 9.17) is 16.1 Å². The van der Waals surface area contributed by atoms with E-state index in [-0.39, 0.29) is 0 Å². The van der Waals surface area contributed by atoms with Crippen molar-refractivity contribution in [1.29, 1.82) is 0 Å². The summed E-state index contributed by atoms with van der Waals surface area (Å²) in [5, 5.41) is 4.89. The minimum atomic E-state index is 0.715. The molecule has 1 heterocycles. The molecule has 0 saturated heterocycles. The van der Waals surface area contributed by atoms with E-state index in [1.807, 2.05) is 30.3 Å². The molecule has 0 N–H and O–H groups in total. The maximum Gasteiger partial charge on any atom is 0.168 e. The zero-order chi connectivity index (χ0) is 15.0. The van der Waals surface area contributed by atoms with Crippen LogP contribution in [0.15, 0.2) is 47.0 Å². The maximum atomic E-state index is 5.91. The fourth-order valence-corrected chi connectivity index (χ4v) is 2.84. The van der Waals surface area contributed by atoms with Gasteiger partial charge in [-0.2, -0.15) is 0 Å². The Morgan fingerprint density at radius 1 is 0.905 bits per heavy atom. The number of rotatable bonds is 2. The molecule has 0 spiro atoms. The van der Waals surface area contributed by atoms with Crippen molar-refractivity contribution >= 4 is 11.6 Å². The number of aromatic nitrogens is 1. The molecule has 0 aliphatic heterocycles. The van der Waals surface area contributed by atoms with Crippen molar-refractivity contribution in [3.63, 3.8) is 0 Å². The molecule has 0 bridgehead atoms. The van der Waals surface area contributed by atoms with Gasteiger partial charge in [0.05, 0.1) is 0 Å². The van der Waals surface area contributed by atoms with Crippen LogP contribution in [0.2, 0.25) is 5.02 Å². The summed E-state index contributed by atoms with van der Waals surface area (Å²) >= 11 is 5.91. The Hall–Kier alpha value is -2.06. The number of hydrogen-bond acceptors (Lipinski definition) is 2. The van der Waals surface area contributed by atoms with Crippen molar-refractivity contribution in [1.82, 2.24) is 5.16 Å². The lowest BCUT2D eigenvalue weighted by molar-refractivity contribution is 0.434. The minimum Gasteiger partial charge on any atom is -0.356 e. The van der Waals surface area contributed by atoms with Crippen LogP contribution in [0.1, 0.15) is 16.7 Å². The average molecular weight is 298 g/mol. The predicted molar refractivity (Wildman–Crippen MR) is 86.6 cm³/mol. The van der Waals surface area contributed by atoms with E-state index < -0.39 is 0 Å².